The molecule has 0 unspecified atom stereocenters. The van der Waals surface area contributed by atoms with Gasteiger partial charge in [0, 0.05) is 23.9 Å². The highest BCUT2D eigenvalue weighted by Crippen LogP contribution is 2.30. The fourth-order valence-electron chi connectivity index (χ4n) is 3.01. The molecule has 0 aliphatic heterocycles. The zero-order valence-corrected chi connectivity index (χ0v) is 13.0. The average molecular weight is 334 g/mol. The molecule has 0 saturated heterocycles. The van der Waals surface area contributed by atoms with E-state index in [9.17, 15) is 18.0 Å². The van der Waals surface area contributed by atoms with Crippen LogP contribution < -0.4 is 0 Å². The van der Waals surface area contributed by atoms with Gasteiger partial charge < -0.3 is 0 Å². The van der Waals surface area contributed by atoms with E-state index in [2.05, 4.69) is 9.97 Å². The molecule has 1 saturated carbocycles. The van der Waals surface area contributed by atoms with E-state index in [0.717, 1.165) is 37.8 Å². The fourth-order valence-corrected chi connectivity index (χ4v) is 3.01. The largest absolute Gasteiger partial charge is 0.416 e. The van der Waals surface area contributed by atoms with Crippen LogP contribution in [-0.4, -0.2) is 15.8 Å². The van der Waals surface area contributed by atoms with Gasteiger partial charge in [0.15, 0.2) is 11.6 Å². The van der Waals surface area contributed by atoms with E-state index < -0.39 is 11.7 Å². The van der Waals surface area contributed by atoms with Gasteiger partial charge in [-0.25, -0.2) is 9.97 Å². The number of hydrogen-bond acceptors (Lipinski definition) is 3. The number of aromatic nitrogens is 2. The Morgan fingerprint density at radius 3 is 2.08 bits per heavy atom. The summed E-state index contributed by atoms with van der Waals surface area (Å²) in [7, 11) is 0. The van der Waals surface area contributed by atoms with Gasteiger partial charge in [-0.3, -0.25) is 4.79 Å². The van der Waals surface area contributed by atoms with Crippen LogP contribution in [0.5, 0.6) is 0 Å². The zero-order chi connectivity index (χ0) is 17.2. The van der Waals surface area contributed by atoms with Crippen molar-refractivity contribution in [1.29, 1.82) is 0 Å². The van der Waals surface area contributed by atoms with Gasteiger partial charge in [-0.15, -0.1) is 0 Å². The Balaban J connectivity index is 1.75. The third-order valence-electron chi connectivity index (χ3n) is 4.38. The van der Waals surface area contributed by atoms with Crippen LogP contribution in [-0.2, 0) is 6.18 Å². The molecule has 0 bridgehead atoms. The smallest absolute Gasteiger partial charge is 0.294 e. The number of Topliss-reactive ketones (excluding diaryl/α,β-unsaturated/α-hetero) is 1. The second-order valence-electron chi connectivity index (χ2n) is 6.07. The van der Waals surface area contributed by atoms with E-state index in [1.807, 2.05) is 0 Å². The third kappa shape index (κ3) is 3.63. The van der Waals surface area contributed by atoms with E-state index in [4.69, 9.17) is 0 Å². The Hall–Kier alpha value is -2.24. The van der Waals surface area contributed by atoms with Crippen molar-refractivity contribution in [3.8, 4) is 11.4 Å². The second kappa shape index (κ2) is 6.71. The van der Waals surface area contributed by atoms with Gasteiger partial charge in [-0.05, 0) is 25.0 Å². The minimum absolute atomic E-state index is 0.0410. The van der Waals surface area contributed by atoms with Gasteiger partial charge in [0.2, 0.25) is 0 Å². The topological polar surface area (TPSA) is 42.9 Å². The molecule has 2 aromatic rings. The molecule has 24 heavy (non-hydrogen) atoms. The molecule has 1 aromatic carbocycles. The number of carbonyl (C=O) groups excluding carboxylic acids is 1. The predicted octanol–water partition coefficient (Wildman–Crippen LogP) is 4.93. The summed E-state index contributed by atoms with van der Waals surface area (Å²) in [6.45, 7) is 0. The SMILES string of the molecule is O=C(c1cnc(-c2ccc(C(F)(F)F)cc2)nc1)C1CCCCC1. The molecular formula is C18H17F3N2O. The van der Waals surface area contributed by atoms with Crippen molar-refractivity contribution < 1.29 is 18.0 Å². The molecule has 0 amide bonds. The summed E-state index contributed by atoms with van der Waals surface area (Å²) >= 11 is 0. The molecule has 0 N–H and O–H groups in total. The maximum absolute atomic E-state index is 12.6. The molecule has 1 fully saturated rings. The van der Waals surface area contributed by atoms with Crippen molar-refractivity contribution in [1.82, 2.24) is 9.97 Å². The van der Waals surface area contributed by atoms with E-state index in [1.54, 1.807) is 0 Å². The Morgan fingerprint density at radius 1 is 0.958 bits per heavy atom. The standard InChI is InChI=1S/C18H17F3N2O/c19-18(20,21)15-8-6-13(7-9-15)17-22-10-14(11-23-17)16(24)12-4-2-1-3-5-12/h6-12H,1-5H2. The van der Waals surface area contributed by atoms with Crippen LogP contribution >= 0.6 is 0 Å². The number of hydrogen-bond donors (Lipinski definition) is 0. The molecule has 0 spiro atoms. The number of alkyl halides is 3. The number of halogens is 3. The lowest BCUT2D eigenvalue weighted by molar-refractivity contribution is -0.137. The van der Waals surface area contributed by atoms with Gasteiger partial charge in [0.1, 0.15) is 0 Å². The van der Waals surface area contributed by atoms with Crippen molar-refractivity contribution in [2.75, 3.05) is 0 Å². The number of nitrogens with zero attached hydrogens (tertiary/aromatic N) is 2. The zero-order valence-electron chi connectivity index (χ0n) is 13.0. The lowest BCUT2D eigenvalue weighted by Crippen LogP contribution is -2.18. The Morgan fingerprint density at radius 2 is 1.54 bits per heavy atom. The minimum Gasteiger partial charge on any atom is -0.294 e. The number of carbonyl (C=O) groups is 1. The highest BCUT2D eigenvalue weighted by molar-refractivity contribution is 5.97. The first-order valence-corrected chi connectivity index (χ1v) is 7.99. The molecule has 1 heterocycles. The lowest BCUT2D eigenvalue weighted by Gasteiger charge is -2.19. The highest BCUT2D eigenvalue weighted by atomic mass is 19.4. The molecule has 6 heteroatoms. The number of rotatable bonds is 3. The molecular weight excluding hydrogens is 317 g/mol. The summed E-state index contributed by atoms with van der Waals surface area (Å²) in [5, 5.41) is 0. The van der Waals surface area contributed by atoms with Crippen molar-refractivity contribution in [3.63, 3.8) is 0 Å². The molecule has 0 atom stereocenters. The van der Waals surface area contributed by atoms with Crippen LogP contribution in [0.4, 0.5) is 13.2 Å². The van der Waals surface area contributed by atoms with Crippen LogP contribution in [0.15, 0.2) is 36.7 Å². The van der Waals surface area contributed by atoms with E-state index in [-0.39, 0.29) is 11.7 Å². The van der Waals surface area contributed by atoms with Crippen molar-refractivity contribution >= 4 is 5.78 Å². The summed E-state index contributed by atoms with van der Waals surface area (Å²) in [6.07, 6.45) is 3.69. The first-order chi connectivity index (χ1) is 11.4. The second-order valence-corrected chi connectivity index (χ2v) is 6.07. The monoisotopic (exact) mass is 334 g/mol. The Bertz CT molecular complexity index is 703. The summed E-state index contributed by atoms with van der Waals surface area (Å²) in [4.78, 5) is 20.7. The Kier molecular flexibility index (Phi) is 4.64. The normalized spacial score (nSPS) is 16.1. The van der Waals surface area contributed by atoms with Crippen molar-refractivity contribution in [2.24, 2.45) is 5.92 Å². The van der Waals surface area contributed by atoms with Gasteiger partial charge in [-0.1, -0.05) is 31.4 Å². The van der Waals surface area contributed by atoms with E-state index in [0.29, 0.717) is 17.0 Å². The lowest BCUT2D eigenvalue weighted by atomic mass is 9.84. The fraction of sp³-hybridized carbons (Fsp3) is 0.389. The maximum Gasteiger partial charge on any atom is 0.416 e. The molecule has 126 valence electrons. The maximum atomic E-state index is 12.6. The van der Waals surface area contributed by atoms with Crippen LogP contribution in [0.1, 0.15) is 48.0 Å². The molecule has 3 rings (SSSR count). The third-order valence-corrected chi connectivity index (χ3v) is 4.38. The van der Waals surface area contributed by atoms with Gasteiger partial charge >= 0.3 is 6.18 Å². The van der Waals surface area contributed by atoms with E-state index >= 15 is 0 Å². The summed E-state index contributed by atoms with van der Waals surface area (Å²) in [5.74, 6) is 0.414. The highest BCUT2D eigenvalue weighted by Gasteiger charge is 2.30. The van der Waals surface area contributed by atoms with Crippen LogP contribution in [0.3, 0.4) is 0 Å². The minimum atomic E-state index is -4.37. The molecule has 1 aromatic heterocycles. The quantitative estimate of drug-likeness (QED) is 0.748. The van der Waals surface area contributed by atoms with Crippen molar-refractivity contribution in [3.05, 3.63) is 47.8 Å². The average Bonchev–Trinajstić information content (AvgIpc) is 2.61. The van der Waals surface area contributed by atoms with Gasteiger partial charge in [0.05, 0.1) is 11.1 Å². The first-order valence-electron chi connectivity index (χ1n) is 7.99. The van der Waals surface area contributed by atoms with E-state index in [1.165, 1.54) is 30.9 Å². The van der Waals surface area contributed by atoms with Crippen LogP contribution in [0.2, 0.25) is 0 Å². The number of benzene rings is 1. The summed E-state index contributed by atoms with van der Waals surface area (Å²) in [6, 6.07) is 4.67. The van der Waals surface area contributed by atoms with Crippen LogP contribution in [0.25, 0.3) is 11.4 Å². The van der Waals surface area contributed by atoms with Gasteiger partial charge in [0.25, 0.3) is 0 Å². The van der Waals surface area contributed by atoms with Crippen molar-refractivity contribution in [2.45, 2.75) is 38.3 Å². The molecule has 1 aliphatic rings. The first kappa shape index (κ1) is 16.6. The summed E-state index contributed by atoms with van der Waals surface area (Å²) < 4.78 is 37.7. The molecule has 1 aliphatic carbocycles. The molecule has 0 radical (unpaired) electrons. The van der Waals surface area contributed by atoms with Crippen LogP contribution in [0, 0.1) is 5.92 Å². The molecule has 3 nitrogen and oxygen atoms in total. The Labute approximate surface area is 137 Å². The predicted molar refractivity (Wildman–Crippen MR) is 83.4 cm³/mol. The number of ketones is 1. The summed E-state index contributed by atoms with van der Waals surface area (Å²) in [5.41, 5.74) is 0.243. The van der Waals surface area contributed by atoms with Gasteiger partial charge in [-0.2, -0.15) is 13.2 Å².